The molecule has 2 aromatic carbocycles. The number of nitrogens with one attached hydrogen (secondary N) is 1. The van der Waals surface area contributed by atoms with Crippen molar-refractivity contribution in [1.82, 2.24) is 4.31 Å². The average Bonchev–Trinajstić information content (AvgIpc) is 3.08. The molecule has 2 N–H and O–H groups in total. The van der Waals surface area contributed by atoms with E-state index in [1.165, 1.54) is 18.2 Å². The van der Waals surface area contributed by atoms with Crippen molar-refractivity contribution < 1.29 is 22.7 Å². The van der Waals surface area contributed by atoms with Gasteiger partial charge in [0.2, 0.25) is 15.9 Å². The van der Waals surface area contributed by atoms with Crippen LogP contribution < -0.4 is 5.32 Å². The summed E-state index contributed by atoms with van der Waals surface area (Å²) in [6.45, 7) is 2.01. The largest absolute Gasteiger partial charge is 0.506 e. The van der Waals surface area contributed by atoms with Crippen LogP contribution in [-0.4, -0.2) is 36.3 Å². The third-order valence-corrected chi connectivity index (χ3v) is 6.26. The minimum atomic E-state index is -3.92. The van der Waals surface area contributed by atoms with Crippen molar-refractivity contribution in [2.75, 3.05) is 11.9 Å². The van der Waals surface area contributed by atoms with Crippen molar-refractivity contribution in [3.8, 4) is 5.75 Å². The fraction of sp³-hybridized carbons (Fsp3) is 0.278. The molecule has 8 heteroatoms. The highest BCUT2D eigenvalue weighted by atomic mass is 32.2. The van der Waals surface area contributed by atoms with Crippen LogP contribution in [0.15, 0.2) is 47.4 Å². The summed E-state index contributed by atoms with van der Waals surface area (Å²) in [5.41, 5.74) is 1.06. The van der Waals surface area contributed by atoms with Gasteiger partial charge in [-0.3, -0.25) is 4.79 Å². The number of aromatic hydroxyl groups is 1. The van der Waals surface area contributed by atoms with Crippen LogP contribution in [0.1, 0.15) is 18.4 Å². The second kappa shape index (κ2) is 7.05. The second-order valence-corrected chi connectivity index (χ2v) is 8.13. The van der Waals surface area contributed by atoms with Crippen molar-refractivity contribution in [3.05, 3.63) is 53.8 Å². The zero-order valence-corrected chi connectivity index (χ0v) is 15.0. The van der Waals surface area contributed by atoms with Crippen LogP contribution >= 0.6 is 0 Å². The first kappa shape index (κ1) is 18.3. The molecular weight excluding hydrogens is 359 g/mol. The Kier molecular flexibility index (Phi) is 4.97. The summed E-state index contributed by atoms with van der Waals surface area (Å²) in [6, 6.07) is 8.44. The molecule has 0 aromatic heterocycles. The predicted octanol–water partition coefficient (Wildman–Crippen LogP) is 2.63. The number of sulfonamides is 1. The smallest absolute Gasteiger partial charge is 0.243 e. The second-order valence-electron chi connectivity index (χ2n) is 6.24. The number of hydrogen-bond donors (Lipinski definition) is 2. The van der Waals surface area contributed by atoms with Gasteiger partial charge in [0.15, 0.2) is 0 Å². The topological polar surface area (TPSA) is 86.7 Å². The van der Waals surface area contributed by atoms with Crippen LogP contribution in [0.4, 0.5) is 10.1 Å². The Morgan fingerprint density at radius 3 is 2.58 bits per heavy atom. The molecule has 138 valence electrons. The van der Waals surface area contributed by atoms with Gasteiger partial charge in [-0.25, -0.2) is 12.8 Å². The van der Waals surface area contributed by atoms with Crippen LogP contribution in [-0.2, 0) is 14.8 Å². The Hall–Kier alpha value is -2.45. The summed E-state index contributed by atoms with van der Waals surface area (Å²) in [6.07, 6.45) is 0.914. The lowest BCUT2D eigenvalue weighted by Gasteiger charge is -2.23. The number of rotatable bonds is 4. The van der Waals surface area contributed by atoms with E-state index >= 15 is 0 Å². The van der Waals surface area contributed by atoms with Crippen molar-refractivity contribution in [1.29, 1.82) is 0 Å². The normalized spacial score (nSPS) is 18.0. The molecule has 2 aromatic rings. The van der Waals surface area contributed by atoms with Crippen molar-refractivity contribution >= 4 is 21.6 Å². The summed E-state index contributed by atoms with van der Waals surface area (Å²) < 4.78 is 39.8. The summed E-state index contributed by atoms with van der Waals surface area (Å²) in [7, 11) is -3.92. The number of hydrogen-bond acceptors (Lipinski definition) is 4. The van der Waals surface area contributed by atoms with Crippen LogP contribution in [0.25, 0.3) is 0 Å². The number of halogens is 1. The number of phenols is 1. The van der Waals surface area contributed by atoms with E-state index in [2.05, 4.69) is 5.32 Å². The number of nitrogens with zero attached hydrogens (tertiary/aromatic N) is 1. The lowest BCUT2D eigenvalue weighted by Crippen LogP contribution is -2.43. The Labute approximate surface area is 151 Å². The number of carbonyl (C=O) groups excluding carboxylic acids is 1. The zero-order chi connectivity index (χ0) is 18.9. The van der Waals surface area contributed by atoms with Gasteiger partial charge in [-0.1, -0.05) is 6.07 Å². The monoisotopic (exact) mass is 378 g/mol. The third-order valence-electron chi connectivity index (χ3n) is 4.34. The van der Waals surface area contributed by atoms with Gasteiger partial charge in [-0.15, -0.1) is 0 Å². The lowest BCUT2D eigenvalue weighted by atomic mass is 10.2. The standard InChI is InChI=1S/C18H19FN2O4S/c1-12-4-9-15(17(22)11-12)20-18(23)16-3-2-10-21(16)26(24,25)14-7-5-13(19)6-8-14/h4-9,11,16,22H,2-3,10H2,1H3,(H,20,23)/t16-/m0/s1. The summed E-state index contributed by atoms with van der Waals surface area (Å²) in [5.74, 6) is -1.12. The highest BCUT2D eigenvalue weighted by Crippen LogP contribution is 2.29. The molecule has 1 heterocycles. The lowest BCUT2D eigenvalue weighted by molar-refractivity contribution is -0.119. The molecule has 1 aliphatic heterocycles. The Morgan fingerprint density at radius 1 is 1.23 bits per heavy atom. The van der Waals surface area contributed by atoms with E-state index in [-0.39, 0.29) is 22.9 Å². The fourth-order valence-corrected chi connectivity index (χ4v) is 4.65. The average molecular weight is 378 g/mol. The summed E-state index contributed by atoms with van der Waals surface area (Å²) in [5, 5.41) is 12.5. The minimum Gasteiger partial charge on any atom is -0.506 e. The predicted molar refractivity (Wildman–Crippen MR) is 94.8 cm³/mol. The van der Waals surface area contributed by atoms with E-state index in [0.29, 0.717) is 12.8 Å². The number of amides is 1. The minimum absolute atomic E-state index is 0.0585. The Balaban J connectivity index is 1.83. The molecule has 0 bridgehead atoms. The summed E-state index contributed by atoms with van der Waals surface area (Å²) in [4.78, 5) is 12.5. The molecule has 1 aliphatic rings. The highest BCUT2D eigenvalue weighted by Gasteiger charge is 2.39. The van der Waals surface area contributed by atoms with Gasteiger partial charge in [0, 0.05) is 6.54 Å². The van der Waals surface area contributed by atoms with Crippen molar-refractivity contribution in [2.24, 2.45) is 0 Å². The molecule has 0 radical (unpaired) electrons. The van der Waals surface area contributed by atoms with Crippen LogP contribution in [0.5, 0.6) is 5.75 Å². The van der Waals surface area contributed by atoms with Gasteiger partial charge in [0.1, 0.15) is 17.6 Å². The molecule has 1 saturated heterocycles. The number of benzene rings is 2. The Morgan fingerprint density at radius 2 is 1.92 bits per heavy atom. The summed E-state index contributed by atoms with van der Waals surface area (Å²) >= 11 is 0. The van der Waals surface area contributed by atoms with Gasteiger partial charge in [0.25, 0.3) is 0 Å². The van der Waals surface area contributed by atoms with E-state index in [1.807, 2.05) is 0 Å². The maximum Gasteiger partial charge on any atom is 0.243 e. The first-order valence-electron chi connectivity index (χ1n) is 8.17. The molecule has 6 nitrogen and oxygen atoms in total. The maximum absolute atomic E-state index is 13.1. The van der Waals surface area contributed by atoms with E-state index in [0.717, 1.165) is 22.0 Å². The molecule has 3 rings (SSSR count). The number of aryl methyl sites for hydroxylation is 1. The number of carbonyl (C=O) groups is 1. The molecule has 26 heavy (non-hydrogen) atoms. The number of anilines is 1. The van der Waals surface area contributed by atoms with Crippen molar-refractivity contribution in [2.45, 2.75) is 30.7 Å². The van der Waals surface area contributed by atoms with Gasteiger partial charge < -0.3 is 10.4 Å². The fourth-order valence-electron chi connectivity index (χ4n) is 3.00. The third kappa shape index (κ3) is 3.56. The van der Waals surface area contributed by atoms with E-state index < -0.39 is 27.8 Å². The molecule has 0 spiro atoms. The molecule has 0 saturated carbocycles. The Bertz CT molecular complexity index is 929. The van der Waals surface area contributed by atoms with Gasteiger partial charge in [-0.05, 0) is 61.7 Å². The van der Waals surface area contributed by atoms with E-state index in [1.54, 1.807) is 19.1 Å². The molecule has 1 amide bonds. The van der Waals surface area contributed by atoms with Crippen LogP contribution in [0.2, 0.25) is 0 Å². The quantitative estimate of drug-likeness (QED) is 0.801. The molecule has 0 unspecified atom stereocenters. The van der Waals surface area contributed by atoms with Crippen LogP contribution in [0, 0.1) is 12.7 Å². The van der Waals surface area contributed by atoms with Gasteiger partial charge in [0.05, 0.1) is 10.6 Å². The highest BCUT2D eigenvalue weighted by molar-refractivity contribution is 7.89. The molecule has 0 aliphatic carbocycles. The number of phenolic OH excluding ortho intramolecular Hbond substituents is 1. The SMILES string of the molecule is Cc1ccc(NC(=O)[C@@H]2CCCN2S(=O)(=O)c2ccc(F)cc2)c(O)c1. The van der Waals surface area contributed by atoms with E-state index in [4.69, 9.17) is 0 Å². The van der Waals surface area contributed by atoms with Gasteiger partial charge in [-0.2, -0.15) is 4.31 Å². The van der Waals surface area contributed by atoms with Crippen LogP contribution in [0.3, 0.4) is 0 Å². The van der Waals surface area contributed by atoms with Crippen molar-refractivity contribution in [3.63, 3.8) is 0 Å². The first-order valence-corrected chi connectivity index (χ1v) is 9.61. The van der Waals surface area contributed by atoms with E-state index in [9.17, 15) is 22.7 Å². The molecule has 1 fully saturated rings. The van der Waals surface area contributed by atoms with Gasteiger partial charge >= 0.3 is 0 Å². The molecular formula is C18H19FN2O4S. The maximum atomic E-state index is 13.1. The molecule has 1 atom stereocenters. The zero-order valence-electron chi connectivity index (χ0n) is 14.1. The first-order chi connectivity index (χ1) is 12.3.